The molecule has 118 valence electrons. The van der Waals surface area contributed by atoms with Crippen molar-refractivity contribution in [1.29, 1.82) is 0 Å². The van der Waals surface area contributed by atoms with Crippen molar-refractivity contribution in [2.75, 3.05) is 31.4 Å². The van der Waals surface area contributed by atoms with Crippen LogP contribution in [0.15, 0.2) is 18.2 Å². The Balaban J connectivity index is 2.25. The molecule has 0 unspecified atom stereocenters. The van der Waals surface area contributed by atoms with Crippen LogP contribution in [0, 0.1) is 0 Å². The first-order valence-electron chi connectivity index (χ1n) is 7.48. The maximum absolute atomic E-state index is 11.8. The number of hydrogen-bond acceptors (Lipinski definition) is 4. The standard InChI is InChI=1S/C16H26N2O3/c1-3-4-5-6-7-10-21-12-16(19)18-14-9-8-13(17)11-15(14)20-2/h8-9,11H,3-7,10,12,17H2,1-2H3,(H,18,19). The number of methoxy groups -OCH3 is 1. The summed E-state index contributed by atoms with van der Waals surface area (Å²) in [4.78, 5) is 11.8. The van der Waals surface area contributed by atoms with E-state index in [9.17, 15) is 4.79 Å². The molecule has 21 heavy (non-hydrogen) atoms. The van der Waals surface area contributed by atoms with Gasteiger partial charge < -0.3 is 20.5 Å². The van der Waals surface area contributed by atoms with Gasteiger partial charge in [-0.05, 0) is 18.6 Å². The summed E-state index contributed by atoms with van der Waals surface area (Å²) in [6, 6.07) is 5.10. The summed E-state index contributed by atoms with van der Waals surface area (Å²) in [5, 5.41) is 2.76. The number of nitrogens with one attached hydrogen (secondary N) is 1. The molecule has 0 heterocycles. The second-order valence-electron chi connectivity index (χ2n) is 4.97. The molecule has 0 radical (unpaired) electrons. The number of amides is 1. The summed E-state index contributed by atoms with van der Waals surface area (Å²) >= 11 is 0. The fourth-order valence-electron chi connectivity index (χ4n) is 1.97. The zero-order valence-electron chi connectivity index (χ0n) is 13.0. The predicted octanol–water partition coefficient (Wildman–Crippen LogP) is 3.20. The third-order valence-electron chi connectivity index (χ3n) is 3.13. The zero-order chi connectivity index (χ0) is 15.5. The number of nitrogen functional groups attached to an aromatic ring is 1. The van der Waals surface area contributed by atoms with Crippen LogP contribution in [-0.4, -0.2) is 26.2 Å². The Kier molecular flexibility index (Phi) is 8.28. The van der Waals surface area contributed by atoms with Crippen LogP contribution < -0.4 is 15.8 Å². The molecule has 0 saturated heterocycles. The number of carbonyl (C=O) groups excluding carboxylic acids is 1. The number of carbonyl (C=O) groups is 1. The van der Waals surface area contributed by atoms with Crippen molar-refractivity contribution in [3.8, 4) is 5.75 Å². The van der Waals surface area contributed by atoms with Gasteiger partial charge in [-0.2, -0.15) is 0 Å². The van der Waals surface area contributed by atoms with E-state index in [2.05, 4.69) is 12.2 Å². The van der Waals surface area contributed by atoms with Gasteiger partial charge in [-0.3, -0.25) is 4.79 Å². The molecule has 0 aliphatic heterocycles. The van der Waals surface area contributed by atoms with Crippen LogP contribution in [0.4, 0.5) is 11.4 Å². The van der Waals surface area contributed by atoms with E-state index in [1.165, 1.54) is 26.4 Å². The number of ether oxygens (including phenoxy) is 2. The molecule has 3 N–H and O–H groups in total. The second-order valence-corrected chi connectivity index (χ2v) is 4.97. The monoisotopic (exact) mass is 294 g/mol. The number of nitrogens with two attached hydrogens (primary N) is 1. The van der Waals surface area contributed by atoms with Crippen LogP contribution in [0.1, 0.15) is 39.0 Å². The van der Waals surface area contributed by atoms with Crippen LogP contribution in [0.25, 0.3) is 0 Å². The molecule has 0 aromatic heterocycles. The molecule has 0 atom stereocenters. The van der Waals surface area contributed by atoms with Crippen LogP contribution in [0.2, 0.25) is 0 Å². The van der Waals surface area contributed by atoms with Gasteiger partial charge in [0.05, 0.1) is 12.8 Å². The number of anilines is 2. The summed E-state index contributed by atoms with van der Waals surface area (Å²) in [5.41, 5.74) is 6.86. The van der Waals surface area contributed by atoms with Crippen molar-refractivity contribution in [1.82, 2.24) is 0 Å². The molecule has 1 amide bonds. The first-order chi connectivity index (χ1) is 10.2. The average molecular weight is 294 g/mol. The topological polar surface area (TPSA) is 73.6 Å². The van der Waals surface area contributed by atoms with Crippen molar-refractivity contribution in [2.45, 2.75) is 39.0 Å². The lowest BCUT2D eigenvalue weighted by Gasteiger charge is -2.11. The highest BCUT2D eigenvalue weighted by Gasteiger charge is 2.07. The third kappa shape index (κ3) is 6.99. The Morgan fingerprint density at radius 3 is 2.71 bits per heavy atom. The first kappa shape index (κ1) is 17.3. The minimum absolute atomic E-state index is 0.0569. The van der Waals surface area contributed by atoms with E-state index in [4.69, 9.17) is 15.2 Å². The molecule has 0 aliphatic carbocycles. The van der Waals surface area contributed by atoms with Gasteiger partial charge in [0, 0.05) is 18.4 Å². The molecule has 0 bridgehead atoms. The molecule has 0 fully saturated rings. The van der Waals surface area contributed by atoms with Crippen LogP contribution >= 0.6 is 0 Å². The lowest BCUT2D eigenvalue weighted by atomic mass is 10.2. The Hall–Kier alpha value is -1.75. The van der Waals surface area contributed by atoms with Gasteiger partial charge in [0.1, 0.15) is 12.4 Å². The fourth-order valence-corrected chi connectivity index (χ4v) is 1.97. The largest absolute Gasteiger partial charge is 0.494 e. The smallest absolute Gasteiger partial charge is 0.250 e. The summed E-state index contributed by atoms with van der Waals surface area (Å²) in [5.74, 6) is 0.356. The van der Waals surface area contributed by atoms with Gasteiger partial charge in [-0.25, -0.2) is 0 Å². The van der Waals surface area contributed by atoms with Crippen LogP contribution in [0.5, 0.6) is 5.75 Å². The van der Waals surface area contributed by atoms with Gasteiger partial charge in [-0.15, -0.1) is 0 Å². The van der Waals surface area contributed by atoms with Crippen molar-refractivity contribution < 1.29 is 14.3 Å². The Morgan fingerprint density at radius 1 is 1.24 bits per heavy atom. The lowest BCUT2D eigenvalue weighted by molar-refractivity contribution is -0.120. The third-order valence-corrected chi connectivity index (χ3v) is 3.13. The Bertz CT molecular complexity index is 436. The van der Waals surface area contributed by atoms with E-state index in [0.717, 1.165) is 12.8 Å². The fraction of sp³-hybridized carbons (Fsp3) is 0.562. The summed E-state index contributed by atoms with van der Waals surface area (Å²) < 4.78 is 10.5. The van der Waals surface area contributed by atoms with E-state index >= 15 is 0 Å². The van der Waals surface area contributed by atoms with Crippen molar-refractivity contribution in [3.05, 3.63) is 18.2 Å². The summed E-state index contributed by atoms with van der Waals surface area (Å²) in [6.45, 7) is 2.86. The van der Waals surface area contributed by atoms with Crippen molar-refractivity contribution in [2.24, 2.45) is 0 Å². The van der Waals surface area contributed by atoms with E-state index in [1.807, 2.05) is 0 Å². The average Bonchev–Trinajstić information content (AvgIpc) is 2.48. The lowest BCUT2D eigenvalue weighted by Crippen LogP contribution is -2.19. The molecule has 0 aliphatic rings. The van der Waals surface area contributed by atoms with Crippen LogP contribution in [-0.2, 0) is 9.53 Å². The number of rotatable bonds is 10. The SMILES string of the molecule is CCCCCCCOCC(=O)Nc1ccc(N)cc1OC. The van der Waals surface area contributed by atoms with Crippen molar-refractivity contribution in [3.63, 3.8) is 0 Å². The minimum Gasteiger partial charge on any atom is -0.494 e. The highest BCUT2D eigenvalue weighted by Crippen LogP contribution is 2.26. The Morgan fingerprint density at radius 2 is 2.00 bits per heavy atom. The molecule has 1 aromatic rings. The zero-order valence-corrected chi connectivity index (χ0v) is 13.0. The molecular formula is C16H26N2O3. The van der Waals surface area contributed by atoms with Gasteiger partial charge >= 0.3 is 0 Å². The highest BCUT2D eigenvalue weighted by molar-refractivity contribution is 5.93. The molecule has 5 nitrogen and oxygen atoms in total. The molecule has 1 aromatic carbocycles. The van der Waals surface area contributed by atoms with Gasteiger partial charge in [0.15, 0.2) is 0 Å². The number of hydrogen-bond donors (Lipinski definition) is 2. The maximum atomic E-state index is 11.8. The van der Waals surface area contributed by atoms with Gasteiger partial charge in [0.25, 0.3) is 0 Å². The molecule has 1 rings (SSSR count). The minimum atomic E-state index is -0.188. The van der Waals surface area contributed by atoms with Gasteiger partial charge in [0.2, 0.25) is 5.91 Å². The normalized spacial score (nSPS) is 10.4. The maximum Gasteiger partial charge on any atom is 0.250 e. The number of unbranched alkanes of at least 4 members (excludes halogenated alkanes) is 4. The molecule has 0 saturated carbocycles. The molecule has 0 spiro atoms. The Labute approximate surface area is 126 Å². The summed E-state index contributed by atoms with van der Waals surface area (Å²) in [6.07, 6.45) is 5.87. The van der Waals surface area contributed by atoms with Gasteiger partial charge in [-0.1, -0.05) is 32.6 Å². The van der Waals surface area contributed by atoms with Crippen molar-refractivity contribution >= 4 is 17.3 Å². The predicted molar refractivity (Wildman–Crippen MR) is 85.6 cm³/mol. The quantitative estimate of drug-likeness (QED) is 0.513. The molecular weight excluding hydrogens is 268 g/mol. The van der Waals surface area contributed by atoms with E-state index < -0.39 is 0 Å². The molecule has 5 heteroatoms. The van der Waals surface area contributed by atoms with E-state index in [1.54, 1.807) is 18.2 Å². The highest BCUT2D eigenvalue weighted by atomic mass is 16.5. The van der Waals surface area contributed by atoms with Crippen LogP contribution in [0.3, 0.4) is 0 Å². The summed E-state index contributed by atoms with van der Waals surface area (Å²) in [7, 11) is 1.54. The second kappa shape index (κ2) is 10.0. The number of benzene rings is 1. The van der Waals surface area contributed by atoms with E-state index in [0.29, 0.717) is 23.7 Å². The van der Waals surface area contributed by atoms with E-state index in [-0.39, 0.29) is 12.5 Å². The first-order valence-corrected chi connectivity index (χ1v) is 7.48.